The molecule has 0 amide bonds. The quantitative estimate of drug-likeness (QED) is 0.859. The van der Waals surface area contributed by atoms with Crippen LogP contribution in [-0.4, -0.2) is 29.2 Å². The van der Waals surface area contributed by atoms with Crippen LogP contribution in [0.2, 0.25) is 0 Å². The lowest BCUT2D eigenvalue weighted by Crippen LogP contribution is -2.20. The molecule has 6 heteroatoms. The van der Waals surface area contributed by atoms with Crippen molar-refractivity contribution in [3.05, 3.63) is 24.3 Å². The molecule has 2 heterocycles. The van der Waals surface area contributed by atoms with Crippen LogP contribution in [-0.2, 0) is 0 Å². The van der Waals surface area contributed by atoms with Gasteiger partial charge in [0.05, 0.1) is 5.52 Å². The van der Waals surface area contributed by atoms with Crippen LogP contribution in [0.3, 0.4) is 0 Å². The Bertz CT molecular complexity index is 543. The molecule has 1 aromatic carbocycles. The van der Waals surface area contributed by atoms with Gasteiger partial charge in [0.15, 0.2) is 0 Å². The van der Waals surface area contributed by atoms with Gasteiger partial charge in [-0.05, 0) is 25.1 Å². The maximum atomic E-state index is 5.88. The zero-order valence-corrected chi connectivity index (χ0v) is 10.6. The van der Waals surface area contributed by atoms with Crippen molar-refractivity contribution >= 4 is 29.1 Å². The number of anilines is 1. The predicted octanol–water partition coefficient (Wildman–Crippen LogP) is 1.37. The van der Waals surface area contributed by atoms with E-state index in [4.69, 9.17) is 10.5 Å². The van der Waals surface area contributed by atoms with E-state index in [2.05, 4.69) is 15.3 Å². The number of nitrogen functional groups attached to an aromatic ring is 1. The van der Waals surface area contributed by atoms with Crippen LogP contribution < -0.4 is 15.8 Å². The third-order valence-electron chi connectivity index (χ3n) is 2.90. The van der Waals surface area contributed by atoms with Gasteiger partial charge in [0.2, 0.25) is 0 Å². The van der Waals surface area contributed by atoms with Crippen LogP contribution >= 0.6 is 12.4 Å². The number of hydrogen-bond donors (Lipinski definition) is 2. The van der Waals surface area contributed by atoms with E-state index in [0.717, 1.165) is 30.4 Å². The second kappa shape index (κ2) is 5.37. The number of nitrogens with one attached hydrogen (secondary N) is 1. The maximum absolute atomic E-state index is 5.88. The molecule has 0 saturated carbocycles. The molecule has 1 saturated heterocycles. The number of ether oxygens (including phenoxy) is 1. The highest BCUT2D eigenvalue weighted by Crippen LogP contribution is 2.21. The van der Waals surface area contributed by atoms with Crippen molar-refractivity contribution in [1.82, 2.24) is 15.3 Å². The average Bonchev–Trinajstić information content (AvgIpc) is 2.82. The lowest BCUT2D eigenvalue weighted by Gasteiger charge is -2.11. The third-order valence-corrected chi connectivity index (χ3v) is 2.90. The number of fused-ring (bicyclic) bond motifs is 1. The molecular weight excluding hydrogens is 252 g/mol. The van der Waals surface area contributed by atoms with Crippen molar-refractivity contribution in [2.45, 2.75) is 12.5 Å². The van der Waals surface area contributed by atoms with E-state index in [1.807, 2.05) is 24.3 Å². The highest BCUT2D eigenvalue weighted by molar-refractivity contribution is 5.88. The molecule has 0 spiro atoms. The standard InChI is InChI=1S/C12H14N4O.ClH/c13-11-9-3-1-2-4-10(9)15-12(16-11)17-8-5-6-14-7-8;/h1-4,8,14H,5-7H2,(H2,13,15,16);1H. The minimum atomic E-state index is 0. The second-order valence-corrected chi connectivity index (χ2v) is 4.14. The number of benzene rings is 1. The normalized spacial score (nSPS) is 18.6. The molecule has 0 radical (unpaired) electrons. The summed E-state index contributed by atoms with van der Waals surface area (Å²) in [6, 6.07) is 8.03. The van der Waals surface area contributed by atoms with Gasteiger partial charge >= 0.3 is 6.01 Å². The summed E-state index contributed by atoms with van der Waals surface area (Å²) in [6.07, 6.45) is 1.13. The van der Waals surface area contributed by atoms with Crippen molar-refractivity contribution in [2.75, 3.05) is 18.8 Å². The Labute approximate surface area is 111 Å². The van der Waals surface area contributed by atoms with Crippen molar-refractivity contribution in [2.24, 2.45) is 0 Å². The molecule has 1 atom stereocenters. The molecule has 1 aromatic heterocycles. The molecule has 0 bridgehead atoms. The lowest BCUT2D eigenvalue weighted by molar-refractivity contribution is 0.205. The summed E-state index contributed by atoms with van der Waals surface area (Å²) in [5.74, 6) is 0.469. The molecule has 0 aliphatic carbocycles. The van der Waals surface area contributed by atoms with Gasteiger partial charge in [0.25, 0.3) is 0 Å². The minimum absolute atomic E-state index is 0. The number of nitrogens with two attached hydrogens (primary N) is 1. The van der Waals surface area contributed by atoms with Crippen molar-refractivity contribution in [3.8, 4) is 6.01 Å². The minimum Gasteiger partial charge on any atom is -0.459 e. The fourth-order valence-electron chi connectivity index (χ4n) is 2.01. The van der Waals surface area contributed by atoms with Crippen molar-refractivity contribution in [3.63, 3.8) is 0 Å². The number of hydrogen-bond acceptors (Lipinski definition) is 5. The summed E-state index contributed by atoms with van der Waals surface area (Å²) in [5, 5.41) is 4.10. The molecule has 2 aromatic rings. The second-order valence-electron chi connectivity index (χ2n) is 4.14. The molecule has 1 aliphatic heterocycles. The number of rotatable bonds is 2. The fraction of sp³-hybridized carbons (Fsp3) is 0.333. The summed E-state index contributed by atoms with van der Waals surface area (Å²) < 4.78 is 5.70. The summed E-state index contributed by atoms with van der Waals surface area (Å²) >= 11 is 0. The van der Waals surface area contributed by atoms with Crippen LogP contribution in [0.25, 0.3) is 10.9 Å². The summed E-state index contributed by atoms with van der Waals surface area (Å²) in [7, 11) is 0. The Morgan fingerprint density at radius 3 is 2.89 bits per heavy atom. The van der Waals surface area contributed by atoms with Crippen LogP contribution in [0.5, 0.6) is 6.01 Å². The summed E-state index contributed by atoms with van der Waals surface area (Å²) in [5.41, 5.74) is 6.70. The fourth-order valence-corrected chi connectivity index (χ4v) is 2.01. The highest BCUT2D eigenvalue weighted by atomic mass is 35.5. The van der Waals surface area contributed by atoms with Gasteiger partial charge in [-0.25, -0.2) is 0 Å². The van der Waals surface area contributed by atoms with Gasteiger partial charge in [-0.15, -0.1) is 12.4 Å². The topological polar surface area (TPSA) is 73.1 Å². The van der Waals surface area contributed by atoms with Crippen LogP contribution in [0.4, 0.5) is 5.82 Å². The van der Waals surface area contributed by atoms with Crippen molar-refractivity contribution in [1.29, 1.82) is 0 Å². The largest absolute Gasteiger partial charge is 0.459 e. The van der Waals surface area contributed by atoms with Crippen molar-refractivity contribution < 1.29 is 4.74 Å². The molecule has 1 fully saturated rings. The number of halogens is 1. The average molecular weight is 267 g/mol. The van der Waals surface area contributed by atoms with E-state index < -0.39 is 0 Å². The van der Waals surface area contributed by atoms with Crippen LogP contribution in [0, 0.1) is 0 Å². The third kappa shape index (κ3) is 2.47. The van der Waals surface area contributed by atoms with Gasteiger partial charge in [-0.1, -0.05) is 12.1 Å². The number of para-hydroxylation sites is 1. The predicted molar refractivity (Wildman–Crippen MR) is 73.1 cm³/mol. The van der Waals surface area contributed by atoms with E-state index in [-0.39, 0.29) is 18.5 Å². The first kappa shape index (κ1) is 12.9. The van der Waals surface area contributed by atoms with Gasteiger partial charge in [-0.3, -0.25) is 0 Å². The Hall–Kier alpha value is -1.59. The van der Waals surface area contributed by atoms with E-state index >= 15 is 0 Å². The first-order chi connectivity index (χ1) is 8.33. The van der Waals surface area contributed by atoms with Gasteiger partial charge in [0, 0.05) is 11.9 Å². The first-order valence-corrected chi connectivity index (χ1v) is 5.72. The molecular formula is C12H15ClN4O. The first-order valence-electron chi connectivity index (χ1n) is 5.72. The maximum Gasteiger partial charge on any atom is 0.319 e. The van der Waals surface area contributed by atoms with E-state index in [1.54, 1.807) is 0 Å². The molecule has 3 rings (SSSR count). The van der Waals surface area contributed by atoms with E-state index in [9.17, 15) is 0 Å². The molecule has 5 nitrogen and oxygen atoms in total. The molecule has 3 N–H and O–H groups in total. The van der Waals surface area contributed by atoms with Crippen LogP contribution in [0.1, 0.15) is 6.42 Å². The Balaban J connectivity index is 0.00000120. The van der Waals surface area contributed by atoms with Gasteiger partial charge in [0.1, 0.15) is 11.9 Å². The Kier molecular flexibility index (Phi) is 3.84. The number of aromatic nitrogens is 2. The van der Waals surface area contributed by atoms with Gasteiger partial charge < -0.3 is 15.8 Å². The smallest absolute Gasteiger partial charge is 0.319 e. The molecule has 18 heavy (non-hydrogen) atoms. The molecule has 96 valence electrons. The SMILES string of the molecule is Cl.Nc1nc(OC2CCNC2)nc2ccccc12. The Morgan fingerprint density at radius 2 is 2.11 bits per heavy atom. The lowest BCUT2D eigenvalue weighted by atomic mass is 10.2. The summed E-state index contributed by atoms with van der Waals surface area (Å²) in [6.45, 7) is 1.82. The van der Waals surface area contributed by atoms with Crippen LogP contribution in [0.15, 0.2) is 24.3 Å². The van der Waals surface area contributed by atoms with E-state index in [1.165, 1.54) is 0 Å². The molecule has 1 unspecified atom stereocenters. The zero-order valence-electron chi connectivity index (χ0n) is 9.80. The zero-order chi connectivity index (χ0) is 11.7. The van der Waals surface area contributed by atoms with Gasteiger partial charge in [-0.2, -0.15) is 9.97 Å². The van der Waals surface area contributed by atoms with E-state index in [0.29, 0.717) is 11.8 Å². The monoisotopic (exact) mass is 266 g/mol. The summed E-state index contributed by atoms with van der Waals surface area (Å²) in [4.78, 5) is 8.54. The highest BCUT2D eigenvalue weighted by Gasteiger charge is 2.17. The Morgan fingerprint density at radius 1 is 1.28 bits per heavy atom. The molecule has 1 aliphatic rings. The number of nitrogens with zero attached hydrogens (tertiary/aromatic N) is 2.